The highest BCUT2D eigenvalue weighted by molar-refractivity contribution is 9.10. The van der Waals surface area contributed by atoms with E-state index in [1.807, 2.05) is 6.92 Å². The molecule has 0 aliphatic rings. The van der Waals surface area contributed by atoms with Crippen LogP contribution in [0.3, 0.4) is 0 Å². The van der Waals surface area contributed by atoms with Crippen LogP contribution in [0.4, 0.5) is 5.95 Å². The van der Waals surface area contributed by atoms with Gasteiger partial charge in [0.2, 0.25) is 5.95 Å². The topological polar surface area (TPSA) is 54.9 Å². The van der Waals surface area contributed by atoms with Gasteiger partial charge in [-0.1, -0.05) is 6.92 Å². The van der Waals surface area contributed by atoms with Gasteiger partial charge in [-0.3, -0.25) is 4.21 Å². The summed E-state index contributed by atoms with van der Waals surface area (Å²) in [4.78, 5) is 8.07. The molecule has 0 fully saturated rings. The van der Waals surface area contributed by atoms with Gasteiger partial charge in [-0.25, -0.2) is 9.97 Å². The Hall–Kier alpha value is -0.490. The summed E-state index contributed by atoms with van der Waals surface area (Å²) in [5.41, 5.74) is 0. The Bertz CT molecular complexity index is 304. The molecule has 0 aliphatic carbocycles. The second-order valence-electron chi connectivity index (χ2n) is 2.58. The third-order valence-electron chi connectivity index (χ3n) is 1.56. The van der Waals surface area contributed by atoms with Gasteiger partial charge in [0.25, 0.3) is 0 Å². The molecule has 14 heavy (non-hydrogen) atoms. The zero-order valence-electron chi connectivity index (χ0n) is 7.86. The SMILES string of the molecule is CCS(=O)CCNc1ncc(Br)cn1. The first kappa shape index (κ1) is 11.6. The first-order chi connectivity index (χ1) is 6.72. The van der Waals surface area contributed by atoms with Gasteiger partial charge in [-0.15, -0.1) is 0 Å². The average molecular weight is 278 g/mol. The fourth-order valence-corrected chi connectivity index (χ4v) is 1.65. The van der Waals surface area contributed by atoms with E-state index in [9.17, 15) is 4.21 Å². The van der Waals surface area contributed by atoms with Crippen LogP contribution in [0.5, 0.6) is 0 Å². The molecule has 0 bridgehead atoms. The highest BCUT2D eigenvalue weighted by Crippen LogP contribution is 2.06. The molecule has 1 atom stereocenters. The number of aromatic nitrogens is 2. The van der Waals surface area contributed by atoms with Crippen LogP contribution in [0.1, 0.15) is 6.92 Å². The van der Waals surface area contributed by atoms with E-state index in [1.54, 1.807) is 12.4 Å². The molecular formula is C8H12BrN3OS. The molecule has 6 heteroatoms. The van der Waals surface area contributed by atoms with Crippen LogP contribution in [0.2, 0.25) is 0 Å². The second-order valence-corrected chi connectivity index (χ2v) is 5.37. The summed E-state index contributed by atoms with van der Waals surface area (Å²) in [7, 11) is -0.732. The molecule has 1 N–H and O–H groups in total. The van der Waals surface area contributed by atoms with Gasteiger partial charge >= 0.3 is 0 Å². The van der Waals surface area contributed by atoms with E-state index in [0.717, 1.165) is 4.47 Å². The van der Waals surface area contributed by atoms with Crippen molar-refractivity contribution in [2.45, 2.75) is 6.92 Å². The number of nitrogens with zero attached hydrogens (tertiary/aromatic N) is 2. The van der Waals surface area contributed by atoms with Crippen molar-refractivity contribution in [3.63, 3.8) is 0 Å². The maximum atomic E-state index is 11.1. The third kappa shape index (κ3) is 4.15. The molecule has 4 nitrogen and oxygen atoms in total. The Morgan fingerprint density at radius 2 is 2.14 bits per heavy atom. The van der Waals surface area contributed by atoms with Crippen LogP contribution in [0.15, 0.2) is 16.9 Å². The van der Waals surface area contributed by atoms with E-state index in [0.29, 0.717) is 24.0 Å². The lowest BCUT2D eigenvalue weighted by Gasteiger charge is -2.02. The van der Waals surface area contributed by atoms with Crippen molar-refractivity contribution in [3.8, 4) is 0 Å². The van der Waals surface area contributed by atoms with Crippen molar-refractivity contribution < 1.29 is 4.21 Å². The first-order valence-corrected chi connectivity index (χ1v) is 6.57. The zero-order valence-corrected chi connectivity index (χ0v) is 10.3. The van der Waals surface area contributed by atoms with Gasteiger partial charge in [0, 0.05) is 41.2 Å². The third-order valence-corrected chi connectivity index (χ3v) is 3.27. The normalized spacial score (nSPS) is 12.4. The smallest absolute Gasteiger partial charge is 0.222 e. The monoisotopic (exact) mass is 277 g/mol. The van der Waals surface area contributed by atoms with Crippen molar-refractivity contribution >= 4 is 32.7 Å². The van der Waals surface area contributed by atoms with Crippen LogP contribution in [-0.2, 0) is 10.8 Å². The molecule has 0 radical (unpaired) electrons. The fourth-order valence-electron chi connectivity index (χ4n) is 0.825. The van der Waals surface area contributed by atoms with Crippen LogP contribution in [-0.4, -0.2) is 32.2 Å². The van der Waals surface area contributed by atoms with Gasteiger partial charge in [-0.2, -0.15) is 0 Å². The minimum absolute atomic E-state index is 0.571. The van der Waals surface area contributed by atoms with Crippen LogP contribution >= 0.6 is 15.9 Å². The Morgan fingerprint density at radius 3 is 2.71 bits per heavy atom. The van der Waals surface area contributed by atoms with Crippen LogP contribution in [0.25, 0.3) is 0 Å². The molecule has 0 spiro atoms. The molecule has 1 unspecified atom stereocenters. The van der Waals surface area contributed by atoms with Gasteiger partial charge in [0.1, 0.15) is 0 Å². The molecule has 0 saturated heterocycles. The average Bonchev–Trinajstić information content (AvgIpc) is 2.21. The van der Waals surface area contributed by atoms with Gasteiger partial charge in [-0.05, 0) is 15.9 Å². The lowest BCUT2D eigenvalue weighted by Crippen LogP contribution is -2.13. The van der Waals surface area contributed by atoms with Crippen LogP contribution < -0.4 is 5.32 Å². The summed E-state index contributed by atoms with van der Waals surface area (Å²) in [6.45, 7) is 2.55. The second kappa shape index (κ2) is 6.08. The molecule has 1 rings (SSSR count). The molecule has 1 heterocycles. The molecule has 0 amide bonds. The Kier molecular flexibility index (Phi) is 5.03. The van der Waals surface area contributed by atoms with E-state index in [4.69, 9.17) is 0 Å². The Labute approximate surface area is 94.1 Å². The number of hydrogen-bond acceptors (Lipinski definition) is 4. The summed E-state index contributed by atoms with van der Waals surface area (Å²) in [5.74, 6) is 1.90. The summed E-state index contributed by atoms with van der Waals surface area (Å²) >= 11 is 3.25. The summed E-state index contributed by atoms with van der Waals surface area (Å²) < 4.78 is 11.9. The van der Waals surface area contributed by atoms with Gasteiger partial charge in [0.15, 0.2) is 0 Å². The minimum atomic E-state index is -0.732. The molecule has 1 aromatic heterocycles. The summed E-state index contributed by atoms with van der Waals surface area (Å²) in [6, 6.07) is 0. The first-order valence-electron chi connectivity index (χ1n) is 4.28. The van der Waals surface area contributed by atoms with Gasteiger partial charge < -0.3 is 5.32 Å². The molecule has 0 saturated carbocycles. The van der Waals surface area contributed by atoms with Crippen molar-refractivity contribution in [1.82, 2.24) is 9.97 Å². The lowest BCUT2D eigenvalue weighted by atomic mass is 10.6. The predicted molar refractivity (Wildman–Crippen MR) is 61.8 cm³/mol. The molecular weight excluding hydrogens is 266 g/mol. The number of anilines is 1. The Balaban J connectivity index is 2.31. The van der Waals surface area contributed by atoms with Crippen molar-refractivity contribution in [2.75, 3.05) is 23.4 Å². The molecule has 78 valence electrons. The highest BCUT2D eigenvalue weighted by atomic mass is 79.9. The molecule has 0 aromatic carbocycles. The maximum absolute atomic E-state index is 11.1. The standard InChI is InChI=1S/C8H12BrN3OS/c1-2-14(13)4-3-10-8-11-5-7(9)6-12-8/h5-6H,2-4H2,1H3,(H,10,11,12). The van der Waals surface area contributed by atoms with E-state index in [1.165, 1.54) is 0 Å². The lowest BCUT2D eigenvalue weighted by molar-refractivity contribution is 0.684. The van der Waals surface area contributed by atoms with E-state index in [2.05, 4.69) is 31.2 Å². The minimum Gasteiger partial charge on any atom is -0.353 e. The largest absolute Gasteiger partial charge is 0.353 e. The molecule has 1 aromatic rings. The number of nitrogens with one attached hydrogen (secondary N) is 1. The Morgan fingerprint density at radius 1 is 1.50 bits per heavy atom. The zero-order chi connectivity index (χ0) is 10.4. The van der Waals surface area contributed by atoms with E-state index < -0.39 is 10.8 Å². The number of rotatable bonds is 5. The number of hydrogen-bond donors (Lipinski definition) is 1. The van der Waals surface area contributed by atoms with E-state index in [-0.39, 0.29) is 0 Å². The van der Waals surface area contributed by atoms with Crippen LogP contribution in [0, 0.1) is 0 Å². The summed E-state index contributed by atoms with van der Waals surface area (Å²) in [6.07, 6.45) is 3.35. The van der Waals surface area contributed by atoms with Crippen molar-refractivity contribution in [1.29, 1.82) is 0 Å². The van der Waals surface area contributed by atoms with Crippen molar-refractivity contribution in [3.05, 3.63) is 16.9 Å². The number of halogens is 1. The van der Waals surface area contributed by atoms with Gasteiger partial charge in [0.05, 0.1) is 4.47 Å². The highest BCUT2D eigenvalue weighted by Gasteiger charge is 1.97. The van der Waals surface area contributed by atoms with E-state index >= 15 is 0 Å². The quantitative estimate of drug-likeness (QED) is 0.885. The summed E-state index contributed by atoms with van der Waals surface area (Å²) in [5, 5.41) is 3.00. The predicted octanol–water partition coefficient (Wildman–Crippen LogP) is 1.42. The van der Waals surface area contributed by atoms with Crippen molar-refractivity contribution in [2.24, 2.45) is 0 Å². The molecule has 0 aliphatic heterocycles. The fraction of sp³-hybridized carbons (Fsp3) is 0.500. The maximum Gasteiger partial charge on any atom is 0.222 e.